The summed E-state index contributed by atoms with van der Waals surface area (Å²) >= 11 is 0. The normalized spacial score (nSPS) is 7.11. The zero-order valence-electron chi connectivity index (χ0n) is 5.91. The van der Waals surface area contributed by atoms with Gasteiger partial charge < -0.3 is 0 Å². The zero-order chi connectivity index (χ0) is 6.95. The van der Waals surface area contributed by atoms with E-state index in [2.05, 4.69) is 17.8 Å². The van der Waals surface area contributed by atoms with Crippen LogP contribution in [0.5, 0.6) is 0 Å². The zero-order valence-corrected chi connectivity index (χ0v) is 5.91. The lowest BCUT2D eigenvalue weighted by Crippen LogP contribution is -1.68. The van der Waals surface area contributed by atoms with Crippen LogP contribution in [0.25, 0.3) is 0 Å². The second-order valence-electron chi connectivity index (χ2n) is 1.76. The second kappa shape index (κ2) is 7.12. The van der Waals surface area contributed by atoms with Gasteiger partial charge in [-0.3, -0.25) is 0 Å². The van der Waals surface area contributed by atoms with Gasteiger partial charge in [0.2, 0.25) is 0 Å². The van der Waals surface area contributed by atoms with Gasteiger partial charge in [0.25, 0.3) is 0 Å². The Morgan fingerprint density at radius 2 is 2.00 bits per heavy atom. The number of unbranched alkanes of at least 4 members (excludes halogenated alkanes) is 2. The van der Waals surface area contributed by atoms with Crippen LogP contribution >= 0.6 is 0 Å². The molecule has 0 amide bonds. The number of rotatable bonds is 2. The van der Waals surface area contributed by atoms with Crippen molar-refractivity contribution in [3.63, 3.8) is 0 Å². The van der Waals surface area contributed by atoms with Crippen LogP contribution in [0.1, 0.15) is 32.6 Å². The number of hydrogen-bond donors (Lipinski definition) is 0. The Bertz CT molecular complexity index is 138. The molecular formula is C9H12. The minimum Gasteiger partial charge on any atom is -0.120 e. The third-order valence-electron chi connectivity index (χ3n) is 0.925. The lowest BCUT2D eigenvalue weighted by molar-refractivity contribution is 0.903. The van der Waals surface area contributed by atoms with Crippen LogP contribution in [0, 0.1) is 24.2 Å². The second-order valence-corrected chi connectivity index (χ2v) is 1.76. The third-order valence-corrected chi connectivity index (χ3v) is 0.925. The van der Waals surface area contributed by atoms with Crippen LogP contribution in [0.15, 0.2) is 0 Å². The highest BCUT2D eigenvalue weighted by atomic mass is 13.8. The largest absolute Gasteiger partial charge is 0.120 e. The van der Waals surface area contributed by atoms with E-state index >= 15 is 0 Å². The summed E-state index contributed by atoms with van der Waals surface area (Å²) in [7, 11) is 0. The average Bonchev–Trinajstić information content (AvgIpc) is 1.89. The summed E-state index contributed by atoms with van der Waals surface area (Å²) in [6.07, 6.45) is 8.86. The quantitative estimate of drug-likeness (QED) is 0.387. The van der Waals surface area contributed by atoms with Gasteiger partial charge in [-0.15, -0.1) is 24.2 Å². The maximum atomic E-state index is 5.05. The summed E-state index contributed by atoms with van der Waals surface area (Å²) in [6.45, 7) is 2.05. The summed E-state index contributed by atoms with van der Waals surface area (Å²) in [5.74, 6) is 8.59. The van der Waals surface area contributed by atoms with Crippen LogP contribution < -0.4 is 0 Å². The molecule has 0 fully saturated rings. The molecule has 0 bridgehead atoms. The number of terminal acetylenes is 1. The fraction of sp³-hybridized carbons (Fsp3) is 0.556. The predicted octanol–water partition coefficient (Wildman–Crippen LogP) is 2.20. The van der Waals surface area contributed by atoms with E-state index in [1.807, 2.05) is 6.92 Å². The molecule has 48 valence electrons. The first-order chi connectivity index (χ1) is 4.41. The third kappa shape index (κ3) is 7.12. The minimum absolute atomic E-state index is 0.860. The Kier molecular flexibility index (Phi) is 6.42. The molecule has 0 unspecified atom stereocenters. The average molecular weight is 120 g/mol. The lowest BCUT2D eigenvalue weighted by Gasteiger charge is -1.81. The van der Waals surface area contributed by atoms with Gasteiger partial charge in [-0.25, -0.2) is 0 Å². The maximum absolute atomic E-state index is 5.05. The summed E-state index contributed by atoms with van der Waals surface area (Å²) in [6, 6.07) is 0. The van der Waals surface area contributed by atoms with Crippen molar-refractivity contribution in [1.29, 1.82) is 0 Å². The van der Waals surface area contributed by atoms with Gasteiger partial charge in [0.1, 0.15) is 0 Å². The molecule has 0 atom stereocenters. The molecule has 0 heterocycles. The highest BCUT2D eigenvalue weighted by molar-refractivity contribution is 4.98. The van der Waals surface area contributed by atoms with Crippen molar-refractivity contribution in [2.75, 3.05) is 0 Å². The van der Waals surface area contributed by atoms with Crippen molar-refractivity contribution < 1.29 is 0 Å². The Balaban J connectivity index is 3.01. The predicted molar refractivity (Wildman–Crippen MR) is 40.8 cm³/mol. The van der Waals surface area contributed by atoms with Gasteiger partial charge >= 0.3 is 0 Å². The van der Waals surface area contributed by atoms with Crippen molar-refractivity contribution >= 4 is 0 Å². The topological polar surface area (TPSA) is 0 Å². The van der Waals surface area contributed by atoms with Crippen LogP contribution in [0.2, 0.25) is 0 Å². The Labute approximate surface area is 57.7 Å². The standard InChI is InChI=1S/C9H12/c1-3-5-7-9-8-6-4-2/h1H,4-5,7,9H2,2H3. The van der Waals surface area contributed by atoms with Gasteiger partial charge in [0, 0.05) is 19.3 Å². The van der Waals surface area contributed by atoms with E-state index in [1.54, 1.807) is 0 Å². The molecule has 0 aliphatic rings. The molecule has 0 saturated carbocycles. The van der Waals surface area contributed by atoms with Crippen LogP contribution in [-0.2, 0) is 0 Å². The molecule has 9 heavy (non-hydrogen) atoms. The minimum atomic E-state index is 0.860. The molecule has 0 saturated heterocycles. The number of hydrogen-bond acceptors (Lipinski definition) is 0. The summed E-state index contributed by atoms with van der Waals surface area (Å²) < 4.78 is 0. The first kappa shape index (κ1) is 8.12. The van der Waals surface area contributed by atoms with Crippen LogP contribution in [0.3, 0.4) is 0 Å². The smallest absolute Gasteiger partial charge is 0.00977 e. The lowest BCUT2D eigenvalue weighted by atomic mass is 10.2. The molecule has 0 rings (SSSR count). The van der Waals surface area contributed by atoms with E-state index in [9.17, 15) is 0 Å². The maximum Gasteiger partial charge on any atom is 0.00977 e. The highest BCUT2D eigenvalue weighted by Gasteiger charge is 1.76. The fourth-order valence-corrected chi connectivity index (χ4v) is 0.492. The SMILES string of the molecule is C#CCCCC#CCC. The Hall–Kier alpha value is -0.880. The summed E-state index contributed by atoms with van der Waals surface area (Å²) in [5, 5.41) is 0. The van der Waals surface area contributed by atoms with Gasteiger partial charge in [-0.05, 0) is 6.42 Å². The highest BCUT2D eigenvalue weighted by Crippen LogP contribution is 1.90. The van der Waals surface area contributed by atoms with Crippen molar-refractivity contribution in [3.8, 4) is 24.2 Å². The molecule has 0 N–H and O–H groups in total. The van der Waals surface area contributed by atoms with Crippen LogP contribution in [-0.4, -0.2) is 0 Å². The van der Waals surface area contributed by atoms with E-state index in [0.29, 0.717) is 0 Å². The van der Waals surface area contributed by atoms with E-state index in [-0.39, 0.29) is 0 Å². The molecule has 0 nitrogen and oxygen atoms in total. The monoisotopic (exact) mass is 120 g/mol. The molecule has 0 heteroatoms. The first-order valence-electron chi connectivity index (χ1n) is 3.31. The Morgan fingerprint density at radius 3 is 2.56 bits per heavy atom. The van der Waals surface area contributed by atoms with Crippen molar-refractivity contribution in [2.45, 2.75) is 32.6 Å². The van der Waals surface area contributed by atoms with Gasteiger partial charge in [-0.1, -0.05) is 6.92 Å². The van der Waals surface area contributed by atoms with E-state index in [1.165, 1.54) is 0 Å². The fourth-order valence-electron chi connectivity index (χ4n) is 0.492. The van der Waals surface area contributed by atoms with E-state index < -0.39 is 0 Å². The molecule has 0 spiro atoms. The van der Waals surface area contributed by atoms with Crippen molar-refractivity contribution in [2.24, 2.45) is 0 Å². The summed E-state index contributed by atoms with van der Waals surface area (Å²) in [5.41, 5.74) is 0. The summed E-state index contributed by atoms with van der Waals surface area (Å²) in [4.78, 5) is 0. The first-order valence-corrected chi connectivity index (χ1v) is 3.31. The van der Waals surface area contributed by atoms with Gasteiger partial charge in [0.05, 0.1) is 0 Å². The molecule has 0 aliphatic heterocycles. The Morgan fingerprint density at radius 1 is 1.22 bits per heavy atom. The molecule has 0 aromatic rings. The molecular weight excluding hydrogens is 108 g/mol. The van der Waals surface area contributed by atoms with Gasteiger partial charge in [-0.2, -0.15) is 0 Å². The van der Waals surface area contributed by atoms with Gasteiger partial charge in [0.15, 0.2) is 0 Å². The molecule has 0 aliphatic carbocycles. The molecule has 0 radical (unpaired) electrons. The molecule has 0 aromatic carbocycles. The molecule has 0 aromatic heterocycles. The van der Waals surface area contributed by atoms with Crippen molar-refractivity contribution in [3.05, 3.63) is 0 Å². The van der Waals surface area contributed by atoms with E-state index in [0.717, 1.165) is 25.7 Å². The van der Waals surface area contributed by atoms with Crippen molar-refractivity contribution in [1.82, 2.24) is 0 Å². The van der Waals surface area contributed by atoms with Crippen LogP contribution in [0.4, 0.5) is 0 Å². The van der Waals surface area contributed by atoms with E-state index in [4.69, 9.17) is 6.42 Å².